The molecule has 0 aliphatic carbocycles. The van der Waals surface area contributed by atoms with Crippen molar-refractivity contribution in [1.82, 2.24) is 20.4 Å². The van der Waals surface area contributed by atoms with E-state index in [1.54, 1.807) is 0 Å². The van der Waals surface area contributed by atoms with E-state index in [4.69, 9.17) is 13.6 Å². The van der Waals surface area contributed by atoms with Crippen LogP contribution in [0.1, 0.15) is 29.5 Å². The molecule has 0 fully saturated rings. The predicted molar refractivity (Wildman–Crippen MR) is 104 cm³/mol. The highest BCUT2D eigenvalue weighted by atomic mass is 32.2. The first-order valence-corrected chi connectivity index (χ1v) is 9.62. The van der Waals surface area contributed by atoms with Crippen LogP contribution >= 0.6 is 11.8 Å². The third-order valence-electron chi connectivity index (χ3n) is 3.89. The second-order valence-electron chi connectivity index (χ2n) is 6.14. The minimum atomic E-state index is -0.129. The summed E-state index contributed by atoms with van der Waals surface area (Å²) in [7, 11) is 0. The molecular weight excluding hydrogens is 376 g/mol. The number of thioether (sulfide) groups is 1. The van der Waals surface area contributed by atoms with Crippen molar-refractivity contribution < 1.29 is 13.6 Å². The molecule has 0 aliphatic rings. The minimum Gasteiger partial charge on any atom is -0.484 e. The van der Waals surface area contributed by atoms with Crippen molar-refractivity contribution in [3.05, 3.63) is 71.9 Å². The summed E-state index contributed by atoms with van der Waals surface area (Å²) in [5.74, 6) is 2.16. The molecule has 8 heteroatoms. The van der Waals surface area contributed by atoms with Gasteiger partial charge in [-0.2, -0.15) is 0 Å². The maximum atomic E-state index is 5.77. The number of rotatable bonds is 7. The van der Waals surface area contributed by atoms with Crippen molar-refractivity contribution >= 4 is 11.8 Å². The maximum Gasteiger partial charge on any atom is 0.277 e. The molecule has 4 rings (SSSR count). The van der Waals surface area contributed by atoms with Gasteiger partial charge < -0.3 is 13.6 Å². The lowest BCUT2D eigenvalue weighted by atomic mass is 10.2. The molecule has 0 aliphatic heterocycles. The Labute approximate surface area is 166 Å². The lowest BCUT2D eigenvalue weighted by Gasteiger charge is -2.04. The minimum absolute atomic E-state index is 0.129. The number of hydrogen-bond donors (Lipinski definition) is 0. The van der Waals surface area contributed by atoms with Crippen LogP contribution in [0.5, 0.6) is 5.75 Å². The quantitative estimate of drug-likeness (QED) is 0.411. The van der Waals surface area contributed by atoms with Crippen molar-refractivity contribution in [3.8, 4) is 17.2 Å². The van der Waals surface area contributed by atoms with Gasteiger partial charge in [-0.05, 0) is 43.7 Å². The van der Waals surface area contributed by atoms with Gasteiger partial charge in [0, 0.05) is 5.56 Å². The van der Waals surface area contributed by atoms with Crippen molar-refractivity contribution in [2.24, 2.45) is 0 Å². The van der Waals surface area contributed by atoms with Gasteiger partial charge in [0.25, 0.3) is 11.1 Å². The molecule has 0 N–H and O–H groups in total. The summed E-state index contributed by atoms with van der Waals surface area (Å²) in [5, 5.41) is 16.6. The van der Waals surface area contributed by atoms with E-state index in [-0.39, 0.29) is 11.9 Å². The van der Waals surface area contributed by atoms with E-state index in [0.29, 0.717) is 22.9 Å². The number of benzene rings is 2. The topological polar surface area (TPSA) is 87.1 Å². The summed E-state index contributed by atoms with van der Waals surface area (Å²) in [6.45, 7) is 4.17. The SMILES string of the molecule is Cc1cccc(OCc2nnc(SC(C)c3nnc(-c4ccccc4)o3)o2)c1. The molecule has 0 saturated heterocycles. The average Bonchev–Trinajstić information content (AvgIpc) is 3.37. The van der Waals surface area contributed by atoms with Crippen LogP contribution in [-0.2, 0) is 6.61 Å². The van der Waals surface area contributed by atoms with Gasteiger partial charge in [0.2, 0.25) is 11.8 Å². The predicted octanol–water partition coefficient (Wildman–Crippen LogP) is 4.86. The van der Waals surface area contributed by atoms with Crippen LogP contribution in [0.4, 0.5) is 0 Å². The van der Waals surface area contributed by atoms with Gasteiger partial charge in [-0.15, -0.1) is 20.4 Å². The number of hydrogen-bond acceptors (Lipinski definition) is 8. The molecule has 2 heterocycles. The third-order valence-corrected chi connectivity index (χ3v) is 4.81. The maximum absolute atomic E-state index is 5.77. The molecule has 1 unspecified atom stereocenters. The molecule has 7 nitrogen and oxygen atoms in total. The molecule has 2 aromatic heterocycles. The molecule has 1 atom stereocenters. The Kier molecular flexibility index (Phi) is 5.38. The molecule has 0 bridgehead atoms. The first-order valence-electron chi connectivity index (χ1n) is 8.75. The van der Waals surface area contributed by atoms with E-state index in [9.17, 15) is 0 Å². The summed E-state index contributed by atoms with van der Waals surface area (Å²) in [6, 6.07) is 17.4. The lowest BCUT2D eigenvalue weighted by molar-refractivity contribution is 0.252. The zero-order chi connectivity index (χ0) is 19.3. The van der Waals surface area contributed by atoms with E-state index < -0.39 is 0 Å². The normalized spacial score (nSPS) is 12.1. The van der Waals surface area contributed by atoms with E-state index in [1.807, 2.05) is 68.4 Å². The highest BCUT2D eigenvalue weighted by Gasteiger charge is 2.19. The molecule has 28 heavy (non-hydrogen) atoms. The first-order chi connectivity index (χ1) is 13.7. The fourth-order valence-corrected chi connectivity index (χ4v) is 3.22. The Bertz CT molecular complexity index is 1050. The largest absolute Gasteiger partial charge is 0.484 e. The van der Waals surface area contributed by atoms with Gasteiger partial charge in [-0.1, -0.05) is 42.1 Å². The van der Waals surface area contributed by atoms with E-state index in [1.165, 1.54) is 11.8 Å². The summed E-state index contributed by atoms with van der Waals surface area (Å²) in [6.07, 6.45) is 0. The third kappa shape index (κ3) is 4.40. The van der Waals surface area contributed by atoms with E-state index in [0.717, 1.165) is 16.9 Å². The molecule has 0 spiro atoms. The second-order valence-corrected chi connectivity index (χ2v) is 7.43. The Morgan fingerprint density at radius 3 is 2.64 bits per heavy atom. The van der Waals surface area contributed by atoms with Gasteiger partial charge in [0.15, 0.2) is 6.61 Å². The first kappa shape index (κ1) is 18.2. The van der Waals surface area contributed by atoms with Crippen molar-refractivity contribution in [2.45, 2.75) is 30.9 Å². The van der Waals surface area contributed by atoms with Crippen molar-refractivity contribution in [3.63, 3.8) is 0 Å². The number of aromatic nitrogens is 4. The van der Waals surface area contributed by atoms with Crippen LogP contribution < -0.4 is 4.74 Å². The highest BCUT2D eigenvalue weighted by molar-refractivity contribution is 7.99. The molecule has 4 aromatic rings. The average molecular weight is 394 g/mol. The lowest BCUT2D eigenvalue weighted by Crippen LogP contribution is -1.95. The van der Waals surface area contributed by atoms with Crippen LogP contribution in [0.25, 0.3) is 11.5 Å². The fourth-order valence-electron chi connectivity index (χ4n) is 2.49. The smallest absolute Gasteiger partial charge is 0.277 e. The van der Waals surface area contributed by atoms with Crippen LogP contribution in [0, 0.1) is 6.92 Å². The summed E-state index contributed by atoms with van der Waals surface area (Å²) in [4.78, 5) is 0. The van der Waals surface area contributed by atoms with Crippen molar-refractivity contribution in [1.29, 1.82) is 0 Å². The highest BCUT2D eigenvalue weighted by Crippen LogP contribution is 2.34. The van der Waals surface area contributed by atoms with Crippen LogP contribution in [0.3, 0.4) is 0 Å². The zero-order valence-corrected chi connectivity index (χ0v) is 16.2. The molecule has 0 radical (unpaired) electrons. The van der Waals surface area contributed by atoms with Crippen LogP contribution in [0.2, 0.25) is 0 Å². The second kappa shape index (κ2) is 8.26. The fraction of sp³-hybridized carbons (Fsp3) is 0.200. The Hall–Kier alpha value is -3.13. The summed E-state index contributed by atoms with van der Waals surface area (Å²) in [5.41, 5.74) is 2.01. The Balaban J connectivity index is 1.36. The molecule has 2 aromatic carbocycles. The number of ether oxygens (including phenoxy) is 1. The van der Waals surface area contributed by atoms with Crippen LogP contribution in [0.15, 0.2) is 68.7 Å². The van der Waals surface area contributed by atoms with Gasteiger partial charge in [0.05, 0.1) is 5.25 Å². The molecular formula is C20H18N4O3S. The van der Waals surface area contributed by atoms with Gasteiger partial charge >= 0.3 is 0 Å². The van der Waals surface area contributed by atoms with E-state index >= 15 is 0 Å². The van der Waals surface area contributed by atoms with Gasteiger partial charge in [0.1, 0.15) is 5.75 Å². The summed E-state index contributed by atoms with van der Waals surface area (Å²) >= 11 is 1.36. The zero-order valence-electron chi connectivity index (χ0n) is 15.4. The molecule has 0 amide bonds. The number of aryl methyl sites for hydroxylation is 1. The standard InChI is InChI=1S/C20H18N4O3S/c1-13-7-6-10-16(11-13)25-12-17-21-24-20(26-17)28-14(2)18-22-23-19(27-18)15-8-4-3-5-9-15/h3-11,14H,12H2,1-2H3. The summed E-state index contributed by atoms with van der Waals surface area (Å²) < 4.78 is 17.1. The molecule has 142 valence electrons. The van der Waals surface area contributed by atoms with Crippen LogP contribution in [-0.4, -0.2) is 20.4 Å². The van der Waals surface area contributed by atoms with Crippen molar-refractivity contribution in [2.75, 3.05) is 0 Å². The van der Waals surface area contributed by atoms with Gasteiger partial charge in [-0.3, -0.25) is 0 Å². The Morgan fingerprint density at radius 1 is 0.964 bits per heavy atom. The monoisotopic (exact) mass is 394 g/mol. The van der Waals surface area contributed by atoms with E-state index in [2.05, 4.69) is 20.4 Å². The van der Waals surface area contributed by atoms with Gasteiger partial charge in [-0.25, -0.2) is 0 Å². The number of nitrogens with zero attached hydrogens (tertiary/aromatic N) is 4. The Morgan fingerprint density at radius 2 is 1.82 bits per heavy atom. The molecule has 0 saturated carbocycles.